The van der Waals surface area contributed by atoms with Crippen LogP contribution in [0.5, 0.6) is 0 Å². The second kappa shape index (κ2) is 7.90. The van der Waals surface area contributed by atoms with Crippen LogP contribution >= 0.6 is 0 Å². The summed E-state index contributed by atoms with van der Waals surface area (Å²) in [7, 11) is 1.26. The van der Waals surface area contributed by atoms with E-state index < -0.39 is 17.9 Å². The van der Waals surface area contributed by atoms with Crippen molar-refractivity contribution in [3.63, 3.8) is 0 Å². The van der Waals surface area contributed by atoms with Crippen LogP contribution in [0.4, 0.5) is 0 Å². The lowest BCUT2D eigenvalue weighted by molar-refractivity contribution is -0.143. The van der Waals surface area contributed by atoms with Crippen molar-refractivity contribution < 1.29 is 14.3 Å². The molecule has 0 radical (unpaired) electrons. The van der Waals surface area contributed by atoms with Gasteiger partial charge in [0.05, 0.1) is 18.7 Å². The van der Waals surface area contributed by atoms with Gasteiger partial charge in [-0.05, 0) is 25.0 Å². The summed E-state index contributed by atoms with van der Waals surface area (Å²) in [4.78, 5) is 28.3. The second-order valence-corrected chi connectivity index (χ2v) is 4.99. The average Bonchev–Trinajstić information content (AvgIpc) is 2.59. The molecule has 1 atom stereocenters. The maximum Gasteiger partial charge on any atom is 0.328 e. The van der Waals surface area contributed by atoms with Crippen LogP contribution in [0.1, 0.15) is 29.8 Å². The number of rotatable bonds is 6. The van der Waals surface area contributed by atoms with Crippen LogP contribution < -0.4 is 5.32 Å². The summed E-state index contributed by atoms with van der Waals surface area (Å²) in [5.41, 5.74) is 0.942. The molecule has 1 aromatic carbocycles. The standard InChI is InChI=1S/C17H17N3O3/c1-23-17(22)15(8-4-5-11-18)20-16(21)14-10-9-12-6-2-3-7-13(12)19-14/h2-3,6-7,9-10,15H,4-5,8H2,1H3,(H,20,21)/t15-/m1/s1. The molecule has 6 heteroatoms. The van der Waals surface area contributed by atoms with Gasteiger partial charge in [-0.1, -0.05) is 24.3 Å². The lowest BCUT2D eigenvalue weighted by Gasteiger charge is -2.15. The van der Waals surface area contributed by atoms with Crippen LogP contribution in [0, 0.1) is 11.3 Å². The third kappa shape index (κ3) is 4.27. The number of pyridine rings is 1. The monoisotopic (exact) mass is 311 g/mol. The van der Waals surface area contributed by atoms with Crippen LogP contribution in [-0.4, -0.2) is 30.0 Å². The van der Waals surface area contributed by atoms with E-state index in [-0.39, 0.29) is 5.69 Å². The predicted molar refractivity (Wildman–Crippen MR) is 84.5 cm³/mol. The Kier molecular flexibility index (Phi) is 5.64. The number of carbonyl (C=O) groups is 2. The molecule has 1 amide bonds. The highest BCUT2D eigenvalue weighted by Crippen LogP contribution is 2.12. The Morgan fingerprint density at radius 1 is 1.30 bits per heavy atom. The van der Waals surface area contributed by atoms with Crippen molar-refractivity contribution >= 4 is 22.8 Å². The molecule has 0 unspecified atom stereocenters. The molecule has 0 aliphatic carbocycles. The molecular weight excluding hydrogens is 294 g/mol. The average molecular weight is 311 g/mol. The quantitative estimate of drug-likeness (QED) is 0.652. The van der Waals surface area contributed by atoms with E-state index in [0.717, 1.165) is 5.39 Å². The Bertz CT molecular complexity index is 752. The van der Waals surface area contributed by atoms with Gasteiger partial charge >= 0.3 is 5.97 Å². The maximum absolute atomic E-state index is 12.3. The first-order valence-corrected chi connectivity index (χ1v) is 7.27. The van der Waals surface area contributed by atoms with Gasteiger partial charge in [0.15, 0.2) is 0 Å². The summed E-state index contributed by atoms with van der Waals surface area (Å²) in [5.74, 6) is -0.972. The minimum absolute atomic E-state index is 0.234. The normalized spacial score (nSPS) is 11.5. The fourth-order valence-electron chi connectivity index (χ4n) is 2.20. The largest absolute Gasteiger partial charge is 0.467 e. The van der Waals surface area contributed by atoms with Crippen LogP contribution in [0.3, 0.4) is 0 Å². The molecule has 0 fully saturated rings. The molecule has 0 spiro atoms. The highest BCUT2D eigenvalue weighted by molar-refractivity contribution is 5.97. The number of fused-ring (bicyclic) bond motifs is 1. The van der Waals surface area contributed by atoms with Crippen molar-refractivity contribution in [3.8, 4) is 6.07 Å². The molecule has 2 rings (SSSR count). The number of nitrogens with zero attached hydrogens (tertiary/aromatic N) is 2. The van der Waals surface area contributed by atoms with Crippen molar-refractivity contribution in [2.24, 2.45) is 0 Å². The van der Waals surface area contributed by atoms with Gasteiger partial charge in [-0.25, -0.2) is 9.78 Å². The number of amides is 1. The smallest absolute Gasteiger partial charge is 0.328 e. The lowest BCUT2D eigenvalue weighted by atomic mass is 10.1. The van der Waals surface area contributed by atoms with E-state index in [1.807, 2.05) is 30.3 Å². The molecule has 0 aliphatic rings. The van der Waals surface area contributed by atoms with E-state index in [2.05, 4.69) is 10.3 Å². The fraction of sp³-hybridized carbons (Fsp3) is 0.294. The van der Waals surface area contributed by atoms with Gasteiger partial charge in [0.2, 0.25) is 0 Å². The van der Waals surface area contributed by atoms with Gasteiger partial charge in [0.1, 0.15) is 11.7 Å². The maximum atomic E-state index is 12.3. The Morgan fingerprint density at radius 3 is 2.83 bits per heavy atom. The third-order valence-electron chi connectivity index (χ3n) is 3.40. The number of aromatic nitrogens is 1. The SMILES string of the molecule is COC(=O)[C@@H](CCCC#N)NC(=O)c1ccc2ccccc2n1. The fourth-order valence-corrected chi connectivity index (χ4v) is 2.20. The topological polar surface area (TPSA) is 92.1 Å². The van der Waals surface area contributed by atoms with Crippen molar-refractivity contribution in [3.05, 3.63) is 42.1 Å². The van der Waals surface area contributed by atoms with Crippen LogP contribution in [-0.2, 0) is 9.53 Å². The van der Waals surface area contributed by atoms with E-state index in [1.54, 1.807) is 12.1 Å². The van der Waals surface area contributed by atoms with E-state index in [4.69, 9.17) is 10.00 Å². The van der Waals surface area contributed by atoms with E-state index in [0.29, 0.717) is 24.8 Å². The molecule has 0 saturated heterocycles. The number of unbranched alkanes of at least 4 members (excludes halogenated alkanes) is 1. The molecule has 118 valence electrons. The minimum Gasteiger partial charge on any atom is -0.467 e. The number of carbonyl (C=O) groups excluding carboxylic acids is 2. The number of nitriles is 1. The van der Waals surface area contributed by atoms with Crippen molar-refractivity contribution in [2.75, 3.05) is 7.11 Å². The first kappa shape index (κ1) is 16.4. The van der Waals surface area contributed by atoms with Crippen molar-refractivity contribution in [2.45, 2.75) is 25.3 Å². The molecule has 1 heterocycles. The molecule has 1 aromatic heterocycles. The van der Waals surface area contributed by atoms with Gasteiger partial charge in [-0.2, -0.15) is 5.26 Å². The van der Waals surface area contributed by atoms with Gasteiger partial charge in [0.25, 0.3) is 5.91 Å². The van der Waals surface area contributed by atoms with E-state index >= 15 is 0 Å². The Balaban J connectivity index is 2.12. The number of esters is 1. The highest BCUT2D eigenvalue weighted by Gasteiger charge is 2.22. The highest BCUT2D eigenvalue weighted by atomic mass is 16.5. The lowest BCUT2D eigenvalue weighted by Crippen LogP contribution is -2.41. The molecule has 0 saturated carbocycles. The summed E-state index contributed by atoms with van der Waals surface area (Å²) < 4.78 is 4.69. The van der Waals surface area contributed by atoms with Gasteiger partial charge in [0, 0.05) is 11.8 Å². The summed E-state index contributed by atoms with van der Waals surface area (Å²) in [5, 5.41) is 12.1. The van der Waals surface area contributed by atoms with Crippen molar-refractivity contribution in [1.29, 1.82) is 5.26 Å². The molecule has 6 nitrogen and oxygen atoms in total. The molecule has 0 aliphatic heterocycles. The predicted octanol–water partition coefficient (Wildman–Crippen LogP) is 2.20. The third-order valence-corrected chi connectivity index (χ3v) is 3.40. The number of benzene rings is 1. The Labute approximate surface area is 134 Å². The zero-order valence-electron chi connectivity index (χ0n) is 12.8. The molecule has 2 aromatic rings. The van der Waals surface area contributed by atoms with Crippen molar-refractivity contribution in [1.82, 2.24) is 10.3 Å². The molecule has 0 bridgehead atoms. The number of nitrogens with one attached hydrogen (secondary N) is 1. The van der Waals surface area contributed by atoms with Gasteiger partial charge < -0.3 is 10.1 Å². The number of methoxy groups -OCH3 is 1. The number of hydrogen-bond donors (Lipinski definition) is 1. The zero-order chi connectivity index (χ0) is 16.7. The van der Waals surface area contributed by atoms with Crippen LogP contribution in [0.15, 0.2) is 36.4 Å². The number of ether oxygens (including phenoxy) is 1. The van der Waals surface area contributed by atoms with E-state index in [9.17, 15) is 9.59 Å². The zero-order valence-corrected chi connectivity index (χ0v) is 12.8. The Morgan fingerprint density at radius 2 is 2.09 bits per heavy atom. The minimum atomic E-state index is -0.783. The number of para-hydroxylation sites is 1. The van der Waals surface area contributed by atoms with Crippen LogP contribution in [0.2, 0.25) is 0 Å². The summed E-state index contributed by atoms with van der Waals surface area (Å²) >= 11 is 0. The second-order valence-electron chi connectivity index (χ2n) is 4.99. The molecule has 23 heavy (non-hydrogen) atoms. The van der Waals surface area contributed by atoms with Gasteiger partial charge in [-0.15, -0.1) is 0 Å². The van der Waals surface area contributed by atoms with Gasteiger partial charge in [-0.3, -0.25) is 4.79 Å². The molecular formula is C17H17N3O3. The first-order chi connectivity index (χ1) is 11.2. The summed E-state index contributed by atoms with van der Waals surface area (Å²) in [6, 6.07) is 12.1. The molecule has 1 N–H and O–H groups in total. The summed E-state index contributed by atoms with van der Waals surface area (Å²) in [6.07, 6.45) is 1.17. The van der Waals surface area contributed by atoms with Crippen LogP contribution in [0.25, 0.3) is 10.9 Å². The Hall–Kier alpha value is -2.94. The first-order valence-electron chi connectivity index (χ1n) is 7.27. The van der Waals surface area contributed by atoms with E-state index in [1.165, 1.54) is 7.11 Å². The number of hydrogen-bond acceptors (Lipinski definition) is 5. The summed E-state index contributed by atoms with van der Waals surface area (Å²) in [6.45, 7) is 0.